The third kappa shape index (κ3) is 5.33. The molecule has 1 heterocycles. The van der Waals surface area contributed by atoms with Crippen LogP contribution in [0.3, 0.4) is 0 Å². The molecule has 5 nitrogen and oxygen atoms in total. The molecule has 1 fully saturated rings. The van der Waals surface area contributed by atoms with Gasteiger partial charge in [-0.3, -0.25) is 9.69 Å². The van der Waals surface area contributed by atoms with Crippen LogP contribution in [0.15, 0.2) is 42.5 Å². The van der Waals surface area contributed by atoms with Gasteiger partial charge in [0.05, 0.1) is 19.3 Å². The Morgan fingerprint density at radius 2 is 1.75 bits per heavy atom. The Balaban J connectivity index is 1.53. The summed E-state index contributed by atoms with van der Waals surface area (Å²) in [6.07, 6.45) is 0.553. The molecule has 2 atom stereocenters. The number of hydrogen-bond acceptors (Lipinski definition) is 4. The van der Waals surface area contributed by atoms with E-state index < -0.39 is 0 Å². The van der Waals surface area contributed by atoms with Crippen LogP contribution in [0, 0.1) is 6.92 Å². The van der Waals surface area contributed by atoms with E-state index in [1.165, 1.54) is 5.56 Å². The molecule has 2 unspecified atom stereocenters. The van der Waals surface area contributed by atoms with Crippen LogP contribution in [-0.4, -0.2) is 43.2 Å². The van der Waals surface area contributed by atoms with Crippen LogP contribution in [0.5, 0.6) is 5.75 Å². The van der Waals surface area contributed by atoms with E-state index in [0.29, 0.717) is 12.1 Å². The maximum Gasteiger partial charge on any atom is 0.251 e. The maximum absolute atomic E-state index is 12.4. The SMILES string of the molecule is COc1cc(C(=O)NCc2ccc(CN3CC(C)OC(C)C3)cc2)ccc1C. The lowest BCUT2D eigenvalue weighted by atomic mass is 10.1. The van der Waals surface area contributed by atoms with Crippen LogP contribution in [0.2, 0.25) is 0 Å². The van der Waals surface area contributed by atoms with Crippen LogP contribution in [0.1, 0.15) is 40.9 Å². The van der Waals surface area contributed by atoms with Crippen molar-refractivity contribution in [2.24, 2.45) is 0 Å². The van der Waals surface area contributed by atoms with Gasteiger partial charge in [0, 0.05) is 31.7 Å². The Bertz CT molecular complexity index is 794. The second kappa shape index (κ2) is 9.22. The molecule has 1 aliphatic heterocycles. The molecule has 0 bridgehead atoms. The molecule has 1 N–H and O–H groups in total. The number of carbonyl (C=O) groups excluding carboxylic acids is 1. The van der Waals surface area contributed by atoms with Gasteiger partial charge in [-0.1, -0.05) is 30.3 Å². The van der Waals surface area contributed by atoms with Crippen LogP contribution in [-0.2, 0) is 17.8 Å². The van der Waals surface area contributed by atoms with Crippen molar-refractivity contribution in [2.45, 2.75) is 46.1 Å². The molecule has 0 saturated carbocycles. The molecule has 1 aliphatic rings. The quantitative estimate of drug-likeness (QED) is 0.830. The third-order valence-corrected chi connectivity index (χ3v) is 5.05. The van der Waals surface area contributed by atoms with Gasteiger partial charge in [0.15, 0.2) is 0 Å². The zero-order valence-electron chi connectivity index (χ0n) is 17.2. The molecule has 0 aromatic heterocycles. The number of ether oxygens (including phenoxy) is 2. The van der Waals surface area contributed by atoms with Gasteiger partial charge in [-0.05, 0) is 49.6 Å². The van der Waals surface area contributed by atoms with Crippen LogP contribution in [0.25, 0.3) is 0 Å². The lowest BCUT2D eigenvalue weighted by Crippen LogP contribution is -2.44. The van der Waals surface area contributed by atoms with Crippen molar-refractivity contribution in [1.82, 2.24) is 10.2 Å². The van der Waals surface area contributed by atoms with Crippen molar-refractivity contribution < 1.29 is 14.3 Å². The summed E-state index contributed by atoms with van der Waals surface area (Å²) in [5.41, 5.74) is 3.98. The number of nitrogens with zero attached hydrogens (tertiary/aromatic N) is 1. The number of benzene rings is 2. The van der Waals surface area contributed by atoms with Crippen molar-refractivity contribution in [3.8, 4) is 5.75 Å². The van der Waals surface area contributed by atoms with Gasteiger partial charge in [0.2, 0.25) is 0 Å². The summed E-state index contributed by atoms with van der Waals surface area (Å²) in [7, 11) is 1.61. The minimum atomic E-state index is -0.0985. The van der Waals surface area contributed by atoms with Crippen molar-refractivity contribution in [2.75, 3.05) is 20.2 Å². The zero-order chi connectivity index (χ0) is 20.1. The number of morpholine rings is 1. The number of carbonyl (C=O) groups is 1. The molecule has 28 heavy (non-hydrogen) atoms. The van der Waals surface area contributed by atoms with Gasteiger partial charge in [0.1, 0.15) is 5.75 Å². The van der Waals surface area contributed by atoms with E-state index in [-0.39, 0.29) is 18.1 Å². The molecule has 150 valence electrons. The van der Waals surface area contributed by atoms with E-state index in [0.717, 1.165) is 36.5 Å². The monoisotopic (exact) mass is 382 g/mol. The smallest absolute Gasteiger partial charge is 0.251 e. The lowest BCUT2D eigenvalue weighted by molar-refractivity contribution is -0.0704. The molecule has 3 rings (SSSR count). The predicted molar refractivity (Wildman–Crippen MR) is 111 cm³/mol. The van der Waals surface area contributed by atoms with Gasteiger partial charge in [0.25, 0.3) is 5.91 Å². The first-order valence-electron chi connectivity index (χ1n) is 9.83. The zero-order valence-corrected chi connectivity index (χ0v) is 17.2. The average Bonchev–Trinajstić information content (AvgIpc) is 2.67. The highest BCUT2D eigenvalue weighted by Crippen LogP contribution is 2.19. The van der Waals surface area contributed by atoms with Gasteiger partial charge in [-0.15, -0.1) is 0 Å². The summed E-state index contributed by atoms with van der Waals surface area (Å²) in [6, 6.07) is 13.9. The Kier molecular flexibility index (Phi) is 6.70. The number of nitrogens with one attached hydrogen (secondary N) is 1. The summed E-state index contributed by atoms with van der Waals surface area (Å²) in [5, 5.41) is 2.98. The van der Waals surface area contributed by atoms with E-state index in [9.17, 15) is 4.79 Å². The molecule has 1 amide bonds. The molecule has 5 heteroatoms. The summed E-state index contributed by atoms with van der Waals surface area (Å²) < 4.78 is 11.1. The first-order chi connectivity index (χ1) is 13.4. The van der Waals surface area contributed by atoms with Crippen molar-refractivity contribution in [3.63, 3.8) is 0 Å². The van der Waals surface area contributed by atoms with Crippen molar-refractivity contribution >= 4 is 5.91 Å². The molecule has 2 aromatic rings. The highest BCUT2D eigenvalue weighted by atomic mass is 16.5. The highest BCUT2D eigenvalue weighted by molar-refractivity contribution is 5.94. The van der Waals surface area contributed by atoms with E-state index in [4.69, 9.17) is 9.47 Å². The fourth-order valence-corrected chi connectivity index (χ4v) is 3.68. The number of rotatable bonds is 6. The van der Waals surface area contributed by atoms with Gasteiger partial charge < -0.3 is 14.8 Å². The number of aryl methyl sites for hydroxylation is 1. The highest BCUT2D eigenvalue weighted by Gasteiger charge is 2.21. The van der Waals surface area contributed by atoms with Crippen LogP contribution >= 0.6 is 0 Å². The number of hydrogen-bond donors (Lipinski definition) is 1. The molecule has 0 aliphatic carbocycles. The maximum atomic E-state index is 12.4. The van der Waals surface area contributed by atoms with Crippen molar-refractivity contribution in [1.29, 1.82) is 0 Å². The fraction of sp³-hybridized carbons (Fsp3) is 0.435. The Morgan fingerprint density at radius 1 is 1.11 bits per heavy atom. The van der Waals surface area contributed by atoms with Crippen LogP contribution < -0.4 is 10.1 Å². The summed E-state index contributed by atoms with van der Waals surface area (Å²) in [4.78, 5) is 14.8. The Hall–Kier alpha value is -2.37. The second-order valence-electron chi connectivity index (χ2n) is 7.63. The summed E-state index contributed by atoms with van der Waals surface area (Å²) >= 11 is 0. The van der Waals surface area contributed by atoms with Crippen LogP contribution in [0.4, 0.5) is 0 Å². The normalized spacial score (nSPS) is 20.0. The van der Waals surface area contributed by atoms with E-state index in [1.54, 1.807) is 13.2 Å². The minimum absolute atomic E-state index is 0.0985. The van der Waals surface area contributed by atoms with Gasteiger partial charge in [-0.25, -0.2) is 0 Å². The average molecular weight is 383 g/mol. The van der Waals surface area contributed by atoms with Gasteiger partial charge in [-0.2, -0.15) is 0 Å². The first-order valence-corrected chi connectivity index (χ1v) is 9.83. The molecule has 2 aromatic carbocycles. The Morgan fingerprint density at radius 3 is 2.39 bits per heavy atom. The molecular formula is C23H30N2O3. The summed E-state index contributed by atoms with van der Waals surface area (Å²) in [6.45, 7) is 9.55. The minimum Gasteiger partial charge on any atom is -0.496 e. The van der Waals surface area contributed by atoms with Gasteiger partial charge >= 0.3 is 0 Å². The molecule has 0 radical (unpaired) electrons. The van der Waals surface area contributed by atoms with Crippen molar-refractivity contribution in [3.05, 3.63) is 64.7 Å². The number of methoxy groups -OCH3 is 1. The fourth-order valence-electron chi connectivity index (χ4n) is 3.68. The van der Waals surface area contributed by atoms with E-state index >= 15 is 0 Å². The largest absolute Gasteiger partial charge is 0.496 e. The predicted octanol–water partition coefficient (Wildman–Crippen LogP) is 3.54. The first kappa shape index (κ1) is 20.4. The van der Waals surface area contributed by atoms with E-state index in [1.807, 2.05) is 19.1 Å². The molecule has 1 saturated heterocycles. The number of amides is 1. The van der Waals surface area contributed by atoms with E-state index in [2.05, 4.69) is 48.3 Å². The standard InChI is InChI=1S/C23H30N2O3/c1-16-5-10-21(11-22(16)27-4)23(26)24-12-19-6-8-20(9-7-19)15-25-13-17(2)28-18(3)14-25/h5-11,17-18H,12-15H2,1-4H3,(H,24,26). The summed E-state index contributed by atoms with van der Waals surface area (Å²) in [5.74, 6) is 0.627. The topological polar surface area (TPSA) is 50.8 Å². The lowest BCUT2D eigenvalue weighted by Gasteiger charge is -2.35. The third-order valence-electron chi connectivity index (χ3n) is 5.05. The second-order valence-corrected chi connectivity index (χ2v) is 7.63. The molecular weight excluding hydrogens is 352 g/mol. The molecule has 0 spiro atoms. The Labute approximate surface area is 167 Å².